The number of rotatable bonds is 6. The van der Waals surface area contributed by atoms with Crippen LogP contribution in [0.5, 0.6) is 0 Å². The number of amides is 1. The molecule has 86 valence electrons. The Morgan fingerprint density at radius 3 is 3.06 bits per heavy atom. The summed E-state index contributed by atoms with van der Waals surface area (Å²) in [6.07, 6.45) is 12.8. The lowest BCUT2D eigenvalue weighted by molar-refractivity contribution is -0.121. The Balaban J connectivity index is 2.27. The summed E-state index contributed by atoms with van der Waals surface area (Å²) < 4.78 is 1.87. The second-order valence-corrected chi connectivity index (χ2v) is 3.63. The van der Waals surface area contributed by atoms with Gasteiger partial charge in [0.1, 0.15) is 0 Å². The van der Waals surface area contributed by atoms with E-state index < -0.39 is 0 Å². The molecule has 1 aromatic heterocycles. The van der Waals surface area contributed by atoms with Gasteiger partial charge in [-0.3, -0.25) is 4.79 Å². The predicted octanol–water partition coefficient (Wildman–Crippen LogP) is 1.19. The molecule has 1 N–H and O–H groups in total. The molecule has 1 unspecified atom stereocenters. The largest absolute Gasteiger partial charge is 0.342 e. The summed E-state index contributed by atoms with van der Waals surface area (Å²) in [6.45, 7) is 2.68. The van der Waals surface area contributed by atoms with E-state index >= 15 is 0 Å². The van der Waals surface area contributed by atoms with Crippen molar-refractivity contribution in [2.45, 2.75) is 38.8 Å². The van der Waals surface area contributed by atoms with Gasteiger partial charge in [-0.25, -0.2) is 4.98 Å². The molecule has 0 saturated carbocycles. The second-order valence-electron chi connectivity index (χ2n) is 3.63. The van der Waals surface area contributed by atoms with Crippen LogP contribution in [0.15, 0.2) is 18.7 Å². The van der Waals surface area contributed by atoms with Crippen LogP contribution in [0.1, 0.15) is 26.2 Å². The van der Waals surface area contributed by atoms with Gasteiger partial charge in [0.25, 0.3) is 0 Å². The van der Waals surface area contributed by atoms with Crippen molar-refractivity contribution < 1.29 is 4.79 Å². The molecule has 1 aromatic rings. The molecule has 4 nitrogen and oxygen atoms in total. The maximum Gasteiger partial charge on any atom is 0.222 e. The minimum atomic E-state index is -0.139. The van der Waals surface area contributed by atoms with Gasteiger partial charge in [0.05, 0.1) is 12.4 Å². The molecular weight excluding hydrogens is 202 g/mol. The summed E-state index contributed by atoms with van der Waals surface area (Å²) in [5, 5.41) is 2.82. The molecule has 0 fully saturated rings. The highest BCUT2D eigenvalue weighted by Gasteiger charge is 2.08. The third kappa shape index (κ3) is 4.18. The van der Waals surface area contributed by atoms with Crippen molar-refractivity contribution in [2.75, 3.05) is 0 Å². The van der Waals surface area contributed by atoms with E-state index in [1.165, 1.54) is 0 Å². The van der Waals surface area contributed by atoms with Crippen LogP contribution in [0.4, 0.5) is 0 Å². The first-order chi connectivity index (χ1) is 7.76. The maximum absolute atomic E-state index is 11.5. The Morgan fingerprint density at radius 1 is 1.69 bits per heavy atom. The zero-order chi connectivity index (χ0) is 11.8. The van der Waals surface area contributed by atoms with Crippen molar-refractivity contribution in [3.8, 4) is 12.3 Å². The highest BCUT2D eigenvalue weighted by Crippen LogP contribution is 1.97. The van der Waals surface area contributed by atoms with E-state index in [0.29, 0.717) is 13.0 Å². The van der Waals surface area contributed by atoms with Crippen molar-refractivity contribution in [3.63, 3.8) is 0 Å². The summed E-state index contributed by atoms with van der Waals surface area (Å²) in [4.78, 5) is 15.4. The van der Waals surface area contributed by atoms with Gasteiger partial charge in [0.15, 0.2) is 0 Å². The first kappa shape index (κ1) is 12.3. The van der Waals surface area contributed by atoms with Crippen LogP contribution in [0.25, 0.3) is 0 Å². The van der Waals surface area contributed by atoms with Gasteiger partial charge < -0.3 is 9.88 Å². The van der Waals surface area contributed by atoms with Crippen molar-refractivity contribution in [1.82, 2.24) is 14.9 Å². The van der Waals surface area contributed by atoms with E-state index in [1.54, 1.807) is 12.5 Å². The van der Waals surface area contributed by atoms with Crippen molar-refractivity contribution >= 4 is 5.91 Å². The van der Waals surface area contributed by atoms with Crippen LogP contribution in [0.2, 0.25) is 0 Å². The van der Waals surface area contributed by atoms with Crippen LogP contribution in [-0.4, -0.2) is 21.5 Å². The van der Waals surface area contributed by atoms with Crippen LogP contribution >= 0.6 is 0 Å². The SMILES string of the molecule is C#CC(CCC)NC(=O)CCn1ccnc1. The predicted molar refractivity (Wildman–Crippen MR) is 62.5 cm³/mol. The minimum absolute atomic E-state index is 0.00917. The molecule has 0 bridgehead atoms. The molecule has 16 heavy (non-hydrogen) atoms. The van der Waals surface area contributed by atoms with Crippen LogP contribution in [0, 0.1) is 12.3 Å². The second kappa shape index (κ2) is 6.67. The van der Waals surface area contributed by atoms with Gasteiger partial charge in [0.2, 0.25) is 5.91 Å². The number of carbonyl (C=O) groups is 1. The van der Waals surface area contributed by atoms with Crippen LogP contribution < -0.4 is 5.32 Å². The van der Waals surface area contributed by atoms with E-state index in [9.17, 15) is 4.79 Å². The molecule has 0 aromatic carbocycles. The minimum Gasteiger partial charge on any atom is -0.342 e. The first-order valence-corrected chi connectivity index (χ1v) is 5.47. The van der Waals surface area contributed by atoms with E-state index in [-0.39, 0.29) is 11.9 Å². The quantitative estimate of drug-likeness (QED) is 0.731. The Labute approximate surface area is 96.1 Å². The lowest BCUT2D eigenvalue weighted by atomic mass is 10.2. The normalized spacial score (nSPS) is 11.8. The molecule has 0 spiro atoms. The number of nitrogens with one attached hydrogen (secondary N) is 1. The van der Waals surface area contributed by atoms with Gasteiger partial charge in [-0.1, -0.05) is 19.3 Å². The summed E-state index contributed by atoms with van der Waals surface area (Å²) in [7, 11) is 0. The summed E-state index contributed by atoms with van der Waals surface area (Å²) in [5.41, 5.74) is 0. The standard InChI is InChI=1S/C12H17N3O/c1-3-5-11(4-2)14-12(16)6-8-15-9-7-13-10-15/h2,7,9-11H,3,5-6,8H2,1H3,(H,14,16). The molecule has 0 aliphatic heterocycles. The fourth-order valence-corrected chi connectivity index (χ4v) is 1.40. The highest BCUT2D eigenvalue weighted by molar-refractivity contribution is 5.76. The molecule has 0 aliphatic carbocycles. The van der Waals surface area contributed by atoms with Crippen LogP contribution in [0.3, 0.4) is 0 Å². The lowest BCUT2D eigenvalue weighted by Crippen LogP contribution is -2.34. The Hall–Kier alpha value is -1.76. The third-order valence-electron chi connectivity index (χ3n) is 2.27. The lowest BCUT2D eigenvalue weighted by Gasteiger charge is -2.11. The fourth-order valence-electron chi connectivity index (χ4n) is 1.40. The number of hydrogen-bond donors (Lipinski definition) is 1. The molecule has 0 radical (unpaired) electrons. The summed E-state index contributed by atoms with van der Waals surface area (Å²) in [5.74, 6) is 2.57. The van der Waals surface area contributed by atoms with Gasteiger partial charge in [-0.2, -0.15) is 0 Å². The van der Waals surface area contributed by atoms with Gasteiger partial charge in [-0.15, -0.1) is 6.42 Å². The highest BCUT2D eigenvalue weighted by atomic mass is 16.1. The Bertz CT molecular complexity index is 351. The summed E-state index contributed by atoms with van der Waals surface area (Å²) >= 11 is 0. The van der Waals surface area contributed by atoms with Gasteiger partial charge >= 0.3 is 0 Å². The molecule has 4 heteroatoms. The van der Waals surface area contributed by atoms with Crippen molar-refractivity contribution in [2.24, 2.45) is 0 Å². The van der Waals surface area contributed by atoms with Crippen molar-refractivity contribution in [3.05, 3.63) is 18.7 Å². The molecule has 0 aliphatic rings. The number of imidazole rings is 1. The van der Waals surface area contributed by atoms with E-state index in [2.05, 4.69) is 16.2 Å². The number of aryl methyl sites for hydroxylation is 1. The number of aromatic nitrogens is 2. The molecule has 1 atom stereocenters. The van der Waals surface area contributed by atoms with E-state index in [4.69, 9.17) is 6.42 Å². The molecule has 1 heterocycles. The third-order valence-corrected chi connectivity index (χ3v) is 2.27. The van der Waals surface area contributed by atoms with Crippen molar-refractivity contribution in [1.29, 1.82) is 0 Å². The molecule has 0 saturated heterocycles. The molecule has 1 rings (SSSR count). The number of hydrogen-bond acceptors (Lipinski definition) is 2. The molecule has 1 amide bonds. The fraction of sp³-hybridized carbons (Fsp3) is 0.500. The van der Waals surface area contributed by atoms with Gasteiger partial charge in [0, 0.05) is 25.4 Å². The number of carbonyl (C=O) groups excluding carboxylic acids is 1. The topological polar surface area (TPSA) is 46.9 Å². The average Bonchev–Trinajstić information content (AvgIpc) is 2.78. The number of terminal acetylenes is 1. The van der Waals surface area contributed by atoms with Gasteiger partial charge in [-0.05, 0) is 6.42 Å². The van der Waals surface area contributed by atoms with E-state index in [0.717, 1.165) is 12.8 Å². The monoisotopic (exact) mass is 219 g/mol. The Morgan fingerprint density at radius 2 is 2.50 bits per heavy atom. The zero-order valence-corrected chi connectivity index (χ0v) is 9.52. The average molecular weight is 219 g/mol. The zero-order valence-electron chi connectivity index (χ0n) is 9.52. The Kier molecular flexibility index (Phi) is 5.13. The number of nitrogens with zero attached hydrogens (tertiary/aromatic N) is 2. The van der Waals surface area contributed by atoms with E-state index in [1.807, 2.05) is 17.7 Å². The maximum atomic E-state index is 11.5. The summed E-state index contributed by atoms with van der Waals surface area (Å²) in [6, 6.07) is -0.139. The first-order valence-electron chi connectivity index (χ1n) is 5.47. The molecular formula is C12H17N3O. The smallest absolute Gasteiger partial charge is 0.222 e. The van der Waals surface area contributed by atoms with Crippen LogP contribution in [-0.2, 0) is 11.3 Å².